The van der Waals surface area contributed by atoms with Gasteiger partial charge in [-0.2, -0.15) is 0 Å². The van der Waals surface area contributed by atoms with Gasteiger partial charge in [-0.05, 0) is 37.8 Å². The molecule has 1 aliphatic carbocycles. The lowest BCUT2D eigenvalue weighted by Crippen LogP contribution is -2.37. The molecular weight excluding hydrogens is 188 g/mol. The topological polar surface area (TPSA) is 42.0 Å². The number of nitrogens with zero attached hydrogens (tertiary/aromatic N) is 1. The number of amides is 1. The van der Waals surface area contributed by atoms with Crippen LogP contribution in [0.15, 0.2) is 12.1 Å². The van der Waals surface area contributed by atoms with Crippen molar-refractivity contribution in [1.29, 1.82) is 0 Å². The fourth-order valence-corrected chi connectivity index (χ4v) is 2.13. The van der Waals surface area contributed by atoms with Crippen molar-refractivity contribution in [2.45, 2.75) is 39.2 Å². The molecule has 80 valence electrons. The number of hydrogen-bond acceptors (Lipinski definition) is 2. The van der Waals surface area contributed by atoms with Gasteiger partial charge in [0.05, 0.1) is 0 Å². The second-order valence-corrected chi connectivity index (χ2v) is 4.20. The van der Waals surface area contributed by atoms with Crippen LogP contribution in [0.5, 0.6) is 0 Å². The Labute approximate surface area is 89.9 Å². The van der Waals surface area contributed by atoms with Crippen LogP contribution in [0, 0.1) is 6.92 Å². The van der Waals surface area contributed by atoms with E-state index in [1.807, 2.05) is 13.0 Å². The first-order valence-corrected chi connectivity index (χ1v) is 5.37. The van der Waals surface area contributed by atoms with E-state index in [2.05, 4.69) is 16.4 Å². The molecule has 0 fully saturated rings. The molecule has 0 spiro atoms. The molecule has 1 aromatic heterocycles. The smallest absolute Gasteiger partial charge is 0.217 e. The van der Waals surface area contributed by atoms with Gasteiger partial charge in [0.2, 0.25) is 5.91 Å². The van der Waals surface area contributed by atoms with E-state index in [4.69, 9.17) is 0 Å². The lowest BCUT2D eigenvalue weighted by Gasteiger charge is -2.24. The Hall–Kier alpha value is -1.38. The van der Waals surface area contributed by atoms with Gasteiger partial charge in [0.25, 0.3) is 0 Å². The summed E-state index contributed by atoms with van der Waals surface area (Å²) in [5.74, 6) is 0.0588. The Bertz CT molecular complexity index is 387. The molecule has 0 saturated heterocycles. The highest BCUT2D eigenvalue weighted by Crippen LogP contribution is 2.19. The molecule has 1 atom stereocenters. The van der Waals surface area contributed by atoms with Crippen LogP contribution in [0.3, 0.4) is 0 Å². The molecule has 1 unspecified atom stereocenters. The van der Waals surface area contributed by atoms with Gasteiger partial charge in [0, 0.05) is 24.4 Å². The summed E-state index contributed by atoms with van der Waals surface area (Å²) in [6.45, 7) is 3.59. The van der Waals surface area contributed by atoms with Crippen molar-refractivity contribution < 1.29 is 4.79 Å². The van der Waals surface area contributed by atoms with Gasteiger partial charge in [-0.15, -0.1) is 0 Å². The molecule has 0 aliphatic heterocycles. The van der Waals surface area contributed by atoms with Crippen LogP contribution in [0.25, 0.3) is 0 Å². The number of aryl methyl sites for hydroxylation is 2. The van der Waals surface area contributed by atoms with E-state index in [1.165, 1.54) is 11.3 Å². The van der Waals surface area contributed by atoms with Gasteiger partial charge in [-0.25, -0.2) is 0 Å². The molecule has 1 N–H and O–H groups in total. The van der Waals surface area contributed by atoms with Crippen LogP contribution in [0.4, 0.5) is 0 Å². The van der Waals surface area contributed by atoms with E-state index in [-0.39, 0.29) is 5.91 Å². The minimum absolute atomic E-state index is 0.0588. The summed E-state index contributed by atoms with van der Waals surface area (Å²) in [7, 11) is 0. The Morgan fingerprint density at radius 2 is 2.33 bits per heavy atom. The van der Waals surface area contributed by atoms with Gasteiger partial charge >= 0.3 is 0 Å². The molecule has 3 heteroatoms. The van der Waals surface area contributed by atoms with Crippen LogP contribution >= 0.6 is 0 Å². The molecule has 0 radical (unpaired) electrons. The minimum Gasteiger partial charge on any atom is -0.353 e. The fraction of sp³-hybridized carbons (Fsp3) is 0.500. The molecule has 2 rings (SSSR count). The van der Waals surface area contributed by atoms with Gasteiger partial charge in [0.1, 0.15) is 0 Å². The van der Waals surface area contributed by atoms with E-state index in [1.54, 1.807) is 6.92 Å². The van der Waals surface area contributed by atoms with Crippen LogP contribution in [0.2, 0.25) is 0 Å². The molecule has 0 bridgehead atoms. The average molecular weight is 204 g/mol. The second kappa shape index (κ2) is 4.01. The second-order valence-electron chi connectivity index (χ2n) is 4.20. The molecule has 0 aromatic carbocycles. The number of carbonyl (C=O) groups excluding carboxylic acids is 1. The number of aromatic nitrogens is 1. The monoisotopic (exact) mass is 204 g/mol. The number of nitrogens with one attached hydrogen (secondary N) is 1. The zero-order valence-electron chi connectivity index (χ0n) is 9.21. The zero-order chi connectivity index (χ0) is 10.8. The molecular formula is C12H16N2O. The summed E-state index contributed by atoms with van der Waals surface area (Å²) in [6.07, 6.45) is 2.90. The minimum atomic E-state index is 0.0588. The Morgan fingerprint density at radius 1 is 1.53 bits per heavy atom. The van der Waals surface area contributed by atoms with Crippen LogP contribution in [-0.4, -0.2) is 16.9 Å². The van der Waals surface area contributed by atoms with Crippen molar-refractivity contribution in [2.24, 2.45) is 0 Å². The molecule has 1 aromatic rings. The highest BCUT2D eigenvalue weighted by Gasteiger charge is 2.19. The predicted octanol–water partition coefficient (Wildman–Crippen LogP) is 1.38. The maximum Gasteiger partial charge on any atom is 0.217 e. The van der Waals surface area contributed by atoms with Gasteiger partial charge in [-0.1, -0.05) is 6.07 Å². The number of carbonyl (C=O) groups is 1. The van der Waals surface area contributed by atoms with E-state index in [0.29, 0.717) is 6.04 Å². The molecule has 1 heterocycles. The first kappa shape index (κ1) is 10.1. The number of rotatable bonds is 1. The highest BCUT2D eigenvalue weighted by atomic mass is 16.1. The van der Waals surface area contributed by atoms with E-state index in [9.17, 15) is 4.79 Å². The first-order valence-electron chi connectivity index (χ1n) is 5.37. The maximum atomic E-state index is 11.0. The van der Waals surface area contributed by atoms with Crippen molar-refractivity contribution in [3.8, 4) is 0 Å². The quantitative estimate of drug-likeness (QED) is 0.751. The van der Waals surface area contributed by atoms with E-state index < -0.39 is 0 Å². The molecule has 0 saturated carbocycles. The van der Waals surface area contributed by atoms with Crippen LogP contribution < -0.4 is 5.32 Å². The molecule has 15 heavy (non-hydrogen) atoms. The van der Waals surface area contributed by atoms with Gasteiger partial charge in [-0.3, -0.25) is 9.78 Å². The summed E-state index contributed by atoms with van der Waals surface area (Å²) in [4.78, 5) is 15.5. The van der Waals surface area contributed by atoms with E-state index >= 15 is 0 Å². The normalized spacial score (nSPS) is 19.5. The lowest BCUT2D eigenvalue weighted by atomic mass is 9.91. The Balaban J connectivity index is 2.13. The van der Waals surface area contributed by atoms with Crippen LogP contribution in [0.1, 0.15) is 30.3 Å². The summed E-state index contributed by atoms with van der Waals surface area (Å²) in [5.41, 5.74) is 3.56. The van der Waals surface area contributed by atoms with Gasteiger partial charge < -0.3 is 5.32 Å². The standard InChI is InChI=1S/C12H16N2O/c1-8-3-4-10-7-11(14-9(2)15)5-6-12(10)13-8/h3-4,11H,5-7H2,1-2H3,(H,14,15). The third kappa shape index (κ3) is 2.35. The molecule has 1 amide bonds. The fourth-order valence-electron chi connectivity index (χ4n) is 2.13. The number of pyridine rings is 1. The van der Waals surface area contributed by atoms with Crippen molar-refractivity contribution >= 4 is 5.91 Å². The third-order valence-electron chi connectivity index (χ3n) is 2.81. The van der Waals surface area contributed by atoms with Crippen LogP contribution in [-0.2, 0) is 17.6 Å². The summed E-state index contributed by atoms with van der Waals surface area (Å²) in [6, 6.07) is 4.46. The third-order valence-corrected chi connectivity index (χ3v) is 2.81. The summed E-state index contributed by atoms with van der Waals surface area (Å²) >= 11 is 0. The average Bonchev–Trinajstić information content (AvgIpc) is 2.17. The molecule has 3 nitrogen and oxygen atoms in total. The SMILES string of the molecule is CC(=O)NC1CCc2nc(C)ccc2C1. The Morgan fingerprint density at radius 3 is 3.07 bits per heavy atom. The van der Waals surface area contributed by atoms with Crippen molar-refractivity contribution in [1.82, 2.24) is 10.3 Å². The highest BCUT2D eigenvalue weighted by molar-refractivity contribution is 5.73. The zero-order valence-corrected chi connectivity index (χ0v) is 9.21. The first-order chi connectivity index (χ1) is 7.15. The predicted molar refractivity (Wildman–Crippen MR) is 58.6 cm³/mol. The van der Waals surface area contributed by atoms with Gasteiger partial charge in [0.15, 0.2) is 0 Å². The van der Waals surface area contributed by atoms with Crippen molar-refractivity contribution in [3.05, 3.63) is 29.1 Å². The maximum absolute atomic E-state index is 11.0. The van der Waals surface area contributed by atoms with Crippen molar-refractivity contribution in [2.75, 3.05) is 0 Å². The number of hydrogen-bond donors (Lipinski definition) is 1. The van der Waals surface area contributed by atoms with Crippen molar-refractivity contribution in [3.63, 3.8) is 0 Å². The largest absolute Gasteiger partial charge is 0.353 e. The Kier molecular flexibility index (Phi) is 2.71. The van der Waals surface area contributed by atoms with E-state index in [0.717, 1.165) is 25.0 Å². The number of fused-ring (bicyclic) bond motifs is 1. The summed E-state index contributed by atoms with van der Waals surface area (Å²) < 4.78 is 0. The molecule has 1 aliphatic rings. The lowest BCUT2D eigenvalue weighted by molar-refractivity contribution is -0.119. The summed E-state index contributed by atoms with van der Waals surface area (Å²) in [5, 5.41) is 2.97.